The number of carboxylic acids is 1. The lowest BCUT2D eigenvalue weighted by molar-refractivity contribution is -0.137. The molecule has 3 aliphatic rings. The minimum atomic E-state index is -0.746. The van der Waals surface area contributed by atoms with E-state index >= 15 is 0 Å². The summed E-state index contributed by atoms with van der Waals surface area (Å²) < 4.78 is 0. The van der Waals surface area contributed by atoms with Crippen LogP contribution in [0.25, 0.3) is 0 Å². The number of hydrogen-bond donors (Lipinski definition) is 2. The van der Waals surface area contributed by atoms with Crippen molar-refractivity contribution < 1.29 is 19.5 Å². The van der Waals surface area contributed by atoms with Crippen LogP contribution in [0, 0.1) is 5.92 Å². The predicted molar refractivity (Wildman–Crippen MR) is 109 cm³/mol. The lowest BCUT2D eigenvalue weighted by atomic mass is 9.86. The molecule has 0 aromatic rings. The van der Waals surface area contributed by atoms with Crippen molar-refractivity contribution in [1.82, 2.24) is 15.3 Å². The average Bonchev–Trinajstić information content (AvgIpc) is 3.19. The van der Waals surface area contributed by atoms with Crippen molar-refractivity contribution in [2.75, 3.05) is 18.8 Å². The van der Waals surface area contributed by atoms with E-state index in [0.29, 0.717) is 18.2 Å². The van der Waals surface area contributed by atoms with Gasteiger partial charge in [0.2, 0.25) is 0 Å². The van der Waals surface area contributed by atoms with E-state index in [1.165, 1.54) is 6.42 Å². The molecule has 0 aromatic carbocycles. The van der Waals surface area contributed by atoms with Gasteiger partial charge in [0.1, 0.15) is 0 Å². The molecular weight excluding hydrogens is 378 g/mol. The molecule has 8 heteroatoms. The fraction of sp³-hybridized carbons (Fsp3) is 0.850. The number of fused-ring (bicyclic) bond motifs is 1. The number of carboxylic acid groups (broad SMARTS) is 1. The second-order valence-electron chi connectivity index (χ2n) is 8.17. The molecule has 2 amide bonds. The normalized spacial score (nSPS) is 28.0. The first-order valence-electron chi connectivity index (χ1n) is 10.7. The van der Waals surface area contributed by atoms with E-state index in [1.807, 2.05) is 23.6 Å². The molecule has 28 heavy (non-hydrogen) atoms. The van der Waals surface area contributed by atoms with Gasteiger partial charge in [-0.2, -0.15) is 11.8 Å². The van der Waals surface area contributed by atoms with Gasteiger partial charge in [-0.15, -0.1) is 0 Å². The predicted octanol–water partition coefficient (Wildman–Crippen LogP) is 2.90. The van der Waals surface area contributed by atoms with Gasteiger partial charge >= 0.3 is 12.0 Å². The second-order valence-corrected chi connectivity index (χ2v) is 9.58. The van der Waals surface area contributed by atoms with Crippen molar-refractivity contribution in [3.8, 4) is 0 Å². The third kappa shape index (κ3) is 5.00. The van der Waals surface area contributed by atoms with E-state index in [2.05, 4.69) is 5.43 Å². The topological polar surface area (TPSA) is 90.0 Å². The standard InChI is InChI=1S/C20H33N3O4S/c1-2-22-16-11-15(28-10-6-9-19(25)26)12-17(16)23(20(22)27)21-13-18(24)14-7-4-3-5-8-14/h14-17,21H,2-13H2,1H3,(H,25,26). The van der Waals surface area contributed by atoms with E-state index in [4.69, 9.17) is 5.11 Å². The molecule has 0 bridgehead atoms. The van der Waals surface area contributed by atoms with E-state index in [-0.39, 0.29) is 42.8 Å². The molecule has 2 aliphatic carbocycles. The van der Waals surface area contributed by atoms with Crippen molar-refractivity contribution in [1.29, 1.82) is 0 Å². The highest BCUT2D eigenvalue weighted by molar-refractivity contribution is 7.99. The van der Waals surface area contributed by atoms with Crippen LogP contribution in [0.2, 0.25) is 0 Å². The Labute approximate surface area is 171 Å². The molecule has 0 spiro atoms. The van der Waals surface area contributed by atoms with Crippen molar-refractivity contribution in [3.05, 3.63) is 0 Å². The summed E-state index contributed by atoms with van der Waals surface area (Å²) in [4.78, 5) is 37.9. The maximum Gasteiger partial charge on any atom is 0.335 e. The molecule has 3 rings (SSSR count). The van der Waals surface area contributed by atoms with E-state index in [0.717, 1.165) is 44.3 Å². The zero-order valence-corrected chi connectivity index (χ0v) is 17.6. The first kappa shape index (κ1) is 21.4. The van der Waals surface area contributed by atoms with Crippen LogP contribution in [0.5, 0.6) is 0 Å². The quantitative estimate of drug-likeness (QED) is 0.537. The Morgan fingerprint density at radius 3 is 2.57 bits per heavy atom. The molecule has 1 aliphatic heterocycles. The SMILES string of the molecule is CCN1C(=O)N(NCC(=O)C2CCCCC2)C2CC(SCCCC(=O)O)CC21. The number of aliphatic carboxylic acids is 1. The maximum atomic E-state index is 12.8. The first-order chi connectivity index (χ1) is 13.5. The highest BCUT2D eigenvalue weighted by Gasteiger charge is 2.50. The van der Waals surface area contributed by atoms with Gasteiger partial charge in [-0.05, 0) is 44.8 Å². The summed E-state index contributed by atoms with van der Waals surface area (Å²) in [6.45, 7) is 2.91. The molecular formula is C20H33N3O4S. The second kappa shape index (κ2) is 9.96. The van der Waals surface area contributed by atoms with Crippen LogP contribution in [0.4, 0.5) is 4.79 Å². The summed E-state index contributed by atoms with van der Waals surface area (Å²) in [6.07, 6.45) is 8.19. The number of carbonyl (C=O) groups excluding carboxylic acids is 2. The molecule has 3 fully saturated rings. The minimum absolute atomic E-state index is 0.0109. The third-order valence-corrected chi connectivity index (χ3v) is 7.73. The Kier molecular flexibility index (Phi) is 7.62. The van der Waals surface area contributed by atoms with Crippen LogP contribution in [0.3, 0.4) is 0 Å². The Morgan fingerprint density at radius 1 is 1.18 bits per heavy atom. The number of hydrogen-bond acceptors (Lipinski definition) is 5. The number of rotatable bonds is 10. The highest BCUT2D eigenvalue weighted by Crippen LogP contribution is 2.40. The van der Waals surface area contributed by atoms with Gasteiger partial charge in [-0.3, -0.25) is 14.6 Å². The molecule has 2 N–H and O–H groups in total. The number of nitrogens with one attached hydrogen (secondary N) is 1. The summed E-state index contributed by atoms with van der Waals surface area (Å²) in [6, 6.07) is 0.276. The van der Waals surface area contributed by atoms with Crippen molar-refractivity contribution in [3.63, 3.8) is 0 Å². The minimum Gasteiger partial charge on any atom is -0.481 e. The number of amides is 2. The Hall–Kier alpha value is -1.28. The number of hydrazine groups is 1. The Balaban J connectivity index is 1.52. The van der Waals surface area contributed by atoms with Gasteiger partial charge in [-0.1, -0.05) is 19.3 Å². The van der Waals surface area contributed by atoms with Gasteiger partial charge in [0, 0.05) is 24.1 Å². The lowest BCUT2D eigenvalue weighted by Crippen LogP contribution is -2.48. The molecule has 158 valence electrons. The van der Waals surface area contributed by atoms with Crippen LogP contribution in [0.15, 0.2) is 0 Å². The number of urea groups is 1. The van der Waals surface area contributed by atoms with Gasteiger partial charge in [-0.25, -0.2) is 10.2 Å². The summed E-state index contributed by atoms with van der Waals surface area (Å²) in [5, 5.41) is 10.9. The summed E-state index contributed by atoms with van der Waals surface area (Å²) in [7, 11) is 0. The largest absolute Gasteiger partial charge is 0.481 e. The summed E-state index contributed by atoms with van der Waals surface area (Å²) >= 11 is 1.82. The van der Waals surface area contributed by atoms with Crippen LogP contribution in [-0.4, -0.2) is 69.0 Å². The lowest BCUT2D eigenvalue weighted by Gasteiger charge is -2.26. The average molecular weight is 412 g/mol. The van der Waals surface area contributed by atoms with Crippen molar-refractivity contribution in [2.24, 2.45) is 5.92 Å². The van der Waals surface area contributed by atoms with Gasteiger partial charge in [0.25, 0.3) is 0 Å². The van der Waals surface area contributed by atoms with Crippen molar-refractivity contribution >= 4 is 29.5 Å². The van der Waals surface area contributed by atoms with Gasteiger partial charge < -0.3 is 10.0 Å². The van der Waals surface area contributed by atoms with Crippen LogP contribution in [-0.2, 0) is 9.59 Å². The molecule has 1 saturated heterocycles. The monoisotopic (exact) mass is 411 g/mol. The zero-order chi connectivity index (χ0) is 20.1. The first-order valence-corrected chi connectivity index (χ1v) is 11.8. The highest BCUT2D eigenvalue weighted by atomic mass is 32.2. The van der Waals surface area contributed by atoms with Crippen molar-refractivity contribution in [2.45, 2.75) is 82.0 Å². The number of nitrogens with zero attached hydrogens (tertiary/aromatic N) is 2. The fourth-order valence-electron chi connectivity index (χ4n) is 4.88. The van der Waals surface area contributed by atoms with Crippen LogP contribution >= 0.6 is 11.8 Å². The number of ketones is 1. The van der Waals surface area contributed by atoms with E-state index in [9.17, 15) is 14.4 Å². The Morgan fingerprint density at radius 2 is 1.89 bits per heavy atom. The molecule has 0 aromatic heterocycles. The van der Waals surface area contributed by atoms with E-state index < -0.39 is 5.97 Å². The maximum absolute atomic E-state index is 12.8. The number of thioether (sulfide) groups is 1. The van der Waals surface area contributed by atoms with Gasteiger partial charge in [0.15, 0.2) is 5.78 Å². The zero-order valence-electron chi connectivity index (χ0n) is 16.8. The van der Waals surface area contributed by atoms with Gasteiger partial charge in [0.05, 0.1) is 18.6 Å². The van der Waals surface area contributed by atoms with Crippen LogP contribution in [0.1, 0.15) is 64.7 Å². The number of likely N-dealkylation sites (N-methyl/N-ethyl adjacent to an activating group) is 1. The summed E-state index contributed by atoms with van der Waals surface area (Å²) in [5.74, 6) is 0.476. The molecule has 2 saturated carbocycles. The molecule has 3 atom stereocenters. The molecule has 0 radical (unpaired) electrons. The molecule has 1 heterocycles. The molecule has 3 unspecified atom stereocenters. The third-order valence-electron chi connectivity index (χ3n) is 6.35. The smallest absolute Gasteiger partial charge is 0.335 e. The van der Waals surface area contributed by atoms with Crippen LogP contribution < -0.4 is 5.43 Å². The number of carbonyl (C=O) groups is 3. The Bertz CT molecular complexity index is 582. The summed E-state index contributed by atoms with van der Waals surface area (Å²) in [5.41, 5.74) is 3.17. The van der Waals surface area contributed by atoms with E-state index in [1.54, 1.807) is 5.01 Å². The number of Topliss-reactive ketones (excluding diaryl/α,β-unsaturated/α-hetero) is 1. The fourth-order valence-corrected chi connectivity index (χ4v) is 6.19. The molecule has 7 nitrogen and oxygen atoms in total.